The average molecular weight is 229 g/mol. The molecule has 3 nitrogen and oxygen atoms in total. The van der Waals surface area contributed by atoms with Crippen molar-refractivity contribution in [2.24, 2.45) is 0 Å². The van der Waals surface area contributed by atoms with E-state index in [-0.39, 0.29) is 19.3 Å². The number of hydrogen-bond donors (Lipinski definition) is 2. The Labute approximate surface area is 95.0 Å². The summed E-state index contributed by atoms with van der Waals surface area (Å²) in [6.07, 6.45) is 0.622. The second kappa shape index (κ2) is 6.23. The first kappa shape index (κ1) is 12.6. The van der Waals surface area contributed by atoms with Gasteiger partial charge in [0.2, 0.25) is 0 Å². The number of rotatable bonds is 6. The standard InChI is InChI=1S/C11H19NO2S/c1-9-4-6-15-11(9)7-12(2)10(8-14)3-5-13/h4,6,10,13-14H,3,5,7-8H2,1-2H3. The zero-order valence-electron chi connectivity index (χ0n) is 9.31. The quantitative estimate of drug-likeness (QED) is 0.771. The van der Waals surface area contributed by atoms with Crippen LogP contribution in [0.1, 0.15) is 16.9 Å². The molecule has 1 aromatic rings. The fourth-order valence-electron chi connectivity index (χ4n) is 1.52. The molecule has 0 saturated heterocycles. The third-order valence-corrected chi connectivity index (χ3v) is 3.67. The lowest BCUT2D eigenvalue weighted by Gasteiger charge is -2.25. The molecule has 1 unspecified atom stereocenters. The molecule has 0 aliphatic carbocycles. The van der Waals surface area contributed by atoms with Crippen LogP contribution in [0.4, 0.5) is 0 Å². The Balaban J connectivity index is 2.53. The van der Waals surface area contributed by atoms with Gasteiger partial charge in [0.05, 0.1) is 6.61 Å². The molecule has 0 aliphatic heterocycles. The van der Waals surface area contributed by atoms with Crippen molar-refractivity contribution >= 4 is 11.3 Å². The fraction of sp³-hybridized carbons (Fsp3) is 0.636. The van der Waals surface area contributed by atoms with Crippen LogP contribution in [-0.4, -0.2) is 41.4 Å². The summed E-state index contributed by atoms with van der Waals surface area (Å²) in [6.45, 7) is 3.16. The van der Waals surface area contributed by atoms with Gasteiger partial charge < -0.3 is 10.2 Å². The second-order valence-corrected chi connectivity index (χ2v) is 4.79. The van der Waals surface area contributed by atoms with Gasteiger partial charge in [-0.15, -0.1) is 11.3 Å². The summed E-state index contributed by atoms with van der Waals surface area (Å²) in [5.74, 6) is 0. The van der Waals surface area contributed by atoms with Crippen LogP contribution in [0, 0.1) is 6.92 Å². The Bertz CT molecular complexity index is 288. The van der Waals surface area contributed by atoms with Crippen molar-refractivity contribution in [2.45, 2.75) is 25.9 Å². The number of likely N-dealkylation sites (N-methyl/N-ethyl adjacent to an activating group) is 1. The number of thiophene rings is 1. The van der Waals surface area contributed by atoms with Gasteiger partial charge in [0.1, 0.15) is 0 Å². The summed E-state index contributed by atoms with van der Waals surface area (Å²) in [7, 11) is 1.98. The third kappa shape index (κ3) is 3.57. The van der Waals surface area contributed by atoms with Gasteiger partial charge in [-0.2, -0.15) is 0 Å². The van der Waals surface area contributed by atoms with Crippen LogP contribution in [0.2, 0.25) is 0 Å². The van der Waals surface area contributed by atoms with Gasteiger partial charge >= 0.3 is 0 Å². The Morgan fingerprint density at radius 3 is 2.67 bits per heavy atom. The Morgan fingerprint density at radius 1 is 1.47 bits per heavy atom. The van der Waals surface area contributed by atoms with E-state index in [2.05, 4.69) is 23.3 Å². The lowest BCUT2D eigenvalue weighted by molar-refractivity contribution is 0.115. The van der Waals surface area contributed by atoms with E-state index in [1.165, 1.54) is 10.4 Å². The minimum absolute atomic E-state index is 0.0523. The van der Waals surface area contributed by atoms with Crippen molar-refractivity contribution in [3.8, 4) is 0 Å². The van der Waals surface area contributed by atoms with Gasteiger partial charge in [-0.3, -0.25) is 4.90 Å². The Hall–Kier alpha value is -0.420. The first-order chi connectivity index (χ1) is 7.19. The molecule has 1 rings (SSSR count). The fourth-order valence-corrected chi connectivity index (χ4v) is 2.49. The highest BCUT2D eigenvalue weighted by Gasteiger charge is 2.14. The topological polar surface area (TPSA) is 43.7 Å². The second-order valence-electron chi connectivity index (χ2n) is 3.79. The Morgan fingerprint density at radius 2 is 2.20 bits per heavy atom. The van der Waals surface area contributed by atoms with Crippen LogP contribution in [0.3, 0.4) is 0 Å². The highest BCUT2D eigenvalue weighted by Crippen LogP contribution is 2.18. The Kier molecular flexibility index (Phi) is 5.25. The summed E-state index contributed by atoms with van der Waals surface area (Å²) in [6, 6.07) is 2.16. The summed E-state index contributed by atoms with van der Waals surface area (Å²) >= 11 is 1.74. The lowest BCUT2D eigenvalue weighted by atomic mass is 10.2. The van der Waals surface area contributed by atoms with Crippen molar-refractivity contribution in [3.05, 3.63) is 21.9 Å². The molecule has 0 spiro atoms. The molecular formula is C11H19NO2S. The summed E-state index contributed by atoms with van der Waals surface area (Å²) in [4.78, 5) is 3.42. The van der Waals surface area contributed by atoms with Crippen molar-refractivity contribution < 1.29 is 10.2 Å². The normalized spacial score (nSPS) is 13.4. The van der Waals surface area contributed by atoms with Gasteiger partial charge in [0.25, 0.3) is 0 Å². The maximum Gasteiger partial charge on any atom is 0.0587 e. The zero-order valence-corrected chi connectivity index (χ0v) is 10.1. The maximum atomic E-state index is 9.18. The molecule has 0 aromatic carbocycles. The molecule has 0 radical (unpaired) electrons. The molecule has 0 saturated carbocycles. The number of hydrogen-bond acceptors (Lipinski definition) is 4. The van der Waals surface area contributed by atoms with E-state index < -0.39 is 0 Å². The highest BCUT2D eigenvalue weighted by molar-refractivity contribution is 7.10. The molecule has 0 aliphatic rings. The summed E-state index contributed by atoms with van der Waals surface area (Å²) < 4.78 is 0. The van der Waals surface area contributed by atoms with Gasteiger partial charge in [0.15, 0.2) is 0 Å². The minimum atomic E-state index is 0.0523. The van der Waals surface area contributed by atoms with E-state index in [0.29, 0.717) is 6.42 Å². The van der Waals surface area contributed by atoms with E-state index in [1.807, 2.05) is 7.05 Å². The first-order valence-corrected chi connectivity index (χ1v) is 6.02. The monoisotopic (exact) mass is 229 g/mol. The first-order valence-electron chi connectivity index (χ1n) is 5.14. The van der Waals surface area contributed by atoms with Crippen LogP contribution in [0.15, 0.2) is 11.4 Å². The molecule has 1 heterocycles. The lowest BCUT2D eigenvalue weighted by Crippen LogP contribution is -2.34. The molecule has 0 fully saturated rings. The molecule has 1 aromatic heterocycles. The van der Waals surface area contributed by atoms with Gasteiger partial charge in [-0.25, -0.2) is 0 Å². The van der Waals surface area contributed by atoms with Crippen LogP contribution < -0.4 is 0 Å². The average Bonchev–Trinajstić information content (AvgIpc) is 2.60. The largest absolute Gasteiger partial charge is 0.396 e. The molecule has 2 N–H and O–H groups in total. The SMILES string of the molecule is Cc1ccsc1CN(C)C(CO)CCO. The van der Waals surface area contributed by atoms with Crippen LogP contribution >= 0.6 is 11.3 Å². The predicted octanol–water partition coefficient (Wildman–Crippen LogP) is 1.23. The van der Waals surface area contributed by atoms with Crippen LogP contribution in [0.25, 0.3) is 0 Å². The molecule has 86 valence electrons. The molecule has 1 atom stereocenters. The molecule has 0 amide bonds. The van der Waals surface area contributed by atoms with E-state index in [1.54, 1.807) is 11.3 Å². The maximum absolute atomic E-state index is 9.18. The van der Waals surface area contributed by atoms with Crippen molar-refractivity contribution in [1.29, 1.82) is 0 Å². The number of aliphatic hydroxyl groups is 2. The molecule has 0 bridgehead atoms. The number of aryl methyl sites for hydroxylation is 1. The third-order valence-electron chi connectivity index (χ3n) is 2.66. The van der Waals surface area contributed by atoms with E-state index in [0.717, 1.165) is 6.54 Å². The van der Waals surface area contributed by atoms with E-state index >= 15 is 0 Å². The van der Waals surface area contributed by atoms with E-state index in [4.69, 9.17) is 5.11 Å². The van der Waals surface area contributed by atoms with Crippen LogP contribution in [-0.2, 0) is 6.54 Å². The summed E-state index contributed by atoms with van der Waals surface area (Å²) in [5.41, 5.74) is 1.30. The minimum Gasteiger partial charge on any atom is -0.396 e. The van der Waals surface area contributed by atoms with Crippen LogP contribution in [0.5, 0.6) is 0 Å². The van der Waals surface area contributed by atoms with Gasteiger partial charge in [-0.1, -0.05) is 0 Å². The van der Waals surface area contributed by atoms with Crippen molar-refractivity contribution in [1.82, 2.24) is 4.90 Å². The van der Waals surface area contributed by atoms with Crippen molar-refractivity contribution in [2.75, 3.05) is 20.3 Å². The summed E-state index contributed by atoms with van der Waals surface area (Å²) in [5, 5.41) is 20.1. The van der Waals surface area contributed by atoms with Crippen molar-refractivity contribution in [3.63, 3.8) is 0 Å². The smallest absolute Gasteiger partial charge is 0.0587 e. The predicted molar refractivity (Wildman–Crippen MR) is 63.1 cm³/mol. The highest BCUT2D eigenvalue weighted by atomic mass is 32.1. The number of aliphatic hydroxyl groups excluding tert-OH is 2. The zero-order chi connectivity index (χ0) is 11.3. The number of nitrogens with zero attached hydrogens (tertiary/aromatic N) is 1. The van der Waals surface area contributed by atoms with E-state index in [9.17, 15) is 5.11 Å². The molecule has 15 heavy (non-hydrogen) atoms. The molecule has 4 heteroatoms. The molecular weight excluding hydrogens is 210 g/mol. The van der Waals surface area contributed by atoms with Gasteiger partial charge in [0, 0.05) is 24.1 Å². The van der Waals surface area contributed by atoms with Gasteiger partial charge in [-0.05, 0) is 37.4 Å².